The first-order valence-corrected chi connectivity index (χ1v) is 8.39. The summed E-state index contributed by atoms with van der Waals surface area (Å²) in [7, 11) is 0. The lowest BCUT2D eigenvalue weighted by atomic mass is 10.1. The number of thiazole rings is 1. The van der Waals surface area contributed by atoms with E-state index in [0.717, 1.165) is 10.2 Å². The molecule has 3 aromatic rings. The molecular formula is C18H16N2O3S. The van der Waals surface area contributed by atoms with Gasteiger partial charge in [0.2, 0.25) is 0 Å². The number of ketones is 1. The Hall–Kier alpha value is -2.73. The van der Waals surface area contributed by atoms with Gasteiger partial charge in [-0.25, -0.2) is 4.98 Å². The number of anilines is 1. The van der Waals surface area contributed by atoms with E-state index in [1.165, 1.54) is 11.3 Å². The summed E-state index contributed by atoms with van der Waals surface area (Å²) in [6.07, 6.45) is 0.463. The van der Waals surface area contributed by atoms with Crippen LogP contribution in [-0.2, 0) is 4.79 Å². The zero-order valence-electron chi connectivity index (χ0n) is 13.1. The molecule has 0 aliphatic heterocycles. The lowest BCUT2D eigenvalue weighted by molar-refractivity contribution is -0.118. The summed E-state index contributed by atoms with van der Waals surface area (Å²) in [5.41, 5.74) is 1.50. The second-order valence-corrected chi connectivity index (χ2v) is 6.16. The average molecular weight is 340 g/mol. The van der Waals surface area contributed by atoms with Crippen LogP contribution >= 0.6 is 11.3 Å². The van der Waals surface area contributed by atoms with Crippen molar-refractivity contribution in [3.8, 4) is 5.75 Å². The maximum atomic E-state index is 12.0. The largest absolute Gasteiger partial charge is 0.484 e. The zero-order chi connectivity index (χ0) is 16.9. The molecule has 24 heavy (non-hydrogen) atoms. The third kappa shape index (κ3) is 3.78. The molecule has 1 N–H and O–H groups in total. The van der Waals surface area contributed by atoms with Crippen molar-refractivity contribution >= 4 is 38.4 Å². The van der Waals surface area contributed by atoms with Crippen LogP contribution in [0.15, 0.2) is 48.5 Å². The number of aromatic nitrogens is 1. The molecule has 0 aliphatic rings. The van der Waals surface area contributed by atoms with Gasteiger partial charge < -0.3 is 4.74 Å². The van der Waals surface area contributed by atoms with E-state index in [1.54, 1.807) is 24.3 Å². The van der Waals surface area contributed by atoms with Crippen molar-refractivity contribution in [3.05, 3.63) is 54.1 Å². The van der Waals surface area contributed by atoms with E-state index in [2.05, 4.69) is 10.3 Å². The number of carbonyl (C=O) groups is 2. The molecule has 1 heterocycles. The molecule has 5 nitrogen and oxygen atoms in total. The van der Waals surface area contributed by atoms with Gasteiger partial charge in [-0.15, -0.1) is 0 Å². The Morgan fingerprint density at radius 3 is 2.58 bits per heavy atom. The topological polar surface area (TPSA) is 68.3 Å². The van der Waals surface area contributed by atoms with E-state index < -0.39 is 0 Å². The number of rotatable bonds is 6. The first-order valence-electron chi connectivity index (χ1n) is 7.57. The highest BCUT2D eigenvalue weighted by Gasteiger charge is 2.09. The van der Waals surface area contributed by atoms with E-state index in [9.17, 15) is 9.59 Å². The van der Waals surface area contributed by atoms with E-state index in [-0.39, 0.29) is 18.3 Å². The summed E-state index contributed by atoms with van der Waals surface area (Å²) in [5, 5.41) is 3.28. The lowest BCUT2D eigenvalue weighted by Gasteiger charge is -2.06. The third-order valence-electron chi connectivity index (χ3n) is 3.41. The first kappa shape index (κ1) is 16.1. The fraction of sp³-hybridized carbons (Fsp3) is 0.167. The van der Waals surface area contributed by atoms with Crippen molar-refractivity contribution in [3.63, 3.8) is 0 Å². The number of para-hydroxylation sites is 1. The monoisotopic (exact) mass is 340 g/mol. The van der Waals surface area contributed by atoms with Gasteiger partial charge in [-0.05, 0) is 36.4 Å². The fourth-order valence-electron chi connectivity index (χ4n) is 2.17. The van der Waals surface area contributed by atoms with Crippen LogP contribution in [0, 0.1) is 0 Å². The minimum Gasteiger partial charge on any atom is -0.484 e. The summed E-state index contributed by atoms with van der Waals surface area (Å²) in [6.45, 7) is 1.70. The number of nitrogens with one attached hydrogen (secondary N) is 1. The highest BCUT2D eigenvalue weighted by molar-refractivity contribution is 7.22. The van der Waals surface area contributed by atoms with Crippen LogP contribution in [-0.4, -0.2) is 23.3 Å². The molecule has 1 aromatic heterocycles. The number of fused-ring (bicyclic) bond motifs is 1. The van der Waals surface area contributed by atoms with Crippen molar-refractivity contribution in [2.75, 3.05) is 11.9 Å². The van der Waals surface area contributed by atoms with E-state index in [0.29, 0.717) is 22.9 Å². The molecule has 0 aliphatic carbocycles. The molecule has 0 spiro atoms. The Balaban J connectivity index is 1.56. The Bertz CT molecular complexity index is 838. The van der Waals surface area contributed by atoms with Gasteiger partial charge in [0.15, 0.2) is 17.5 Å². The second-order valence-electron chi connectivity index (χ2n) is 5.12. The van der Waals surface area contributed by atoms with Gasteiger partial charge in [0, 0.05) is 12.0 Å². The summed E-state index contributed by atoms with van der Waals surface area (Å²) in [6, 6.07) is 14.5. The summed E-state index contributed by atoms with van der Waals surface area (Å²) in [4.78, 5) is 27.9. The number of Topliss-reactive ketones (excluding diaryl/α,β-unsaturated/α-hetero) is 1. The lowest BCUT2D eigenvalue weighted by Crippen LogP contribution is -2.20. The van der Waals surface area contributed by atoms with Crippen LogP contribution in [0.3, 0.4) is 0 Å². The molecule has 0 atom stereocenters. The molecule has 3 rings (SSSR count). The minimum absolute atomic E-state index is 0.0788. The standard InChI is InChI=1S/C18H16N2O3S/c1-2-15(21)12-7-9-13(10-8-12)23-11-17(22)20-18-19-14-5-3-4-6-16(14)24-18/h3-10H,2,11H2,1H3,(H,19,20,22). The number of hydrogen-bond donors (Lipinski definition) is 1. The van der Waals surface area contributed by atoms with Crippen LogP contribution in [0.4, 0.5) is 5.13 Å². The minimum atomic E-state index is -0.275. The van der Waals surface area contributed by atoms with Gasteiger partial charge in [-0.3, -0.25) is 14.9 Å². The highest BCUT2D eigenvalue weighted by atomic mass is 32.1. The molecule has 0 saturated carbocycles. The fourth-order valence-corrected chi connectivity index (χ4v) is 3.05. The summed E-state index contributed by atoms with van der Waals surface area (Å²) in [5.74, 6) is 0.347. The Kier molecular flexibility index (Phi) is 4.86. The van der Waals surface area contributed by atoms with Crippen LogP contribution in [0.1, 0.15) is 23.7 Å². The molecule has 122 valence electrons. The first-order chi connectivity index (χ1) is 11.7. The molecule has 0 radical (unpaired) electrons. The quantitative estimate of drug-likeness (QED) is 0.691. The van der Waals surface area contributed by atoms with Gasteiger partial charge in [0.1, 0.15) is 5.75 Å². The van der Waals surface area contributed by atoms with Gasteiger partial charge in [0.05, 0.1) is 10.2 Å². The Morgan fingerprint density at radius 2 is 1.88 bits per heavy atom. The van der Waals surface area contributed by atoms with Crippen LogP contribution in [0.25, 0.3) is 10.2 Å². The van der Waals surface area contributed by atoms with Crippen molar-refractivity contribution < 1.29 is 14.3 Å². The number of nitrogens with zero attached hydrogens (tertiary/aromatic N) is 1. The van der Waals surface area contributed by atoms with Gasteiger partial charge in [-0.1, -0.05) is 30.4 Å². The predicted molar refractivity (Wildman–Crippen MR) is 94.8 cm³/mol. The summed E-state index contributed by atoms with van der Waals surface area (Å²) < 4.78 is 6.45. The maximum Gasteiger partial charge on any atom is 0.264 e. The average Bonchev–Trinajstić information content (AvgIpc) is 3.02. The molecule has 0 unspecified atom stereocenters. The second kappa shape index (κ2) is 7.23. The van der Waals surface area contributed by atoms with Gasteiger partial charge >= 0.3 is 0 Å². The molecule has 0 fully saturated rings. The summed E-state index contributed by atoms with van der Waals surface area (Å²) >= 11 is 1.42. The molecule has 2 aromatic carbocycles. The molecule has 0 bridgehead atoms. The molecule has 0 saturated heterocycles. The zero-order valence-corrected chi connectivity index (χ0v) is 13.9. The van der Waals surface area contributed by atoms with Crippen molar-refractivity contribution in [1.82, 2.24) is 4.98 Å². The van der Waals surface area contributed by atoms with Crippen molar-refractivity contribution in [2.45, 2.75) is 13.3 Å². The van der Waals surface area contributed by atoms with Crippen molar-refractivity contribution in [2.24, 2.45) is 0 Å². The number of ether oxygens (including phenoxy) is 1. The van der Waals surface area contributed by atoms with E-state index in [4.69, 9.17) is 4.74 Å². The molecular weight excluding hydrogens is 324 g/mol. The van der Waals surface area contributed by atoms with Crippen LogP contribution in [0.5, 0.6) is 5.75 Å². The van der Waals surface area contributed by atoms with E-state index in [1.807, 2.05) is 31.2 Å². The Morgan fingerprint density at radius 1 is 1.12 bits per heavy atom. The normalized spacial score (nSPS) is 10.5. The molecule has 6 heteroatoms. The van der Waals surface area contributed by atoms with Crippen LogP contribution < -0.4 is 10.1 Å². The number of hydrogen-bond acceptors (Lipinski definition) is 5. The van der Waals surface area contributed by atoms with Gasteiger partial charge in [-0.2, -0.15) is 0 Å². The predicted octanol–water partition coefficient (Wildman–Crippen LogP) is 3.91. The Labute approximate surface area is 143 Å². The van der Waals surface area contributed by atoms with Gasteiger partial charge in [0.25, 0.3) is 5.91 Å². The van der Waals surface area contributed by atoms with Crippen molar-refractivity contribution in [1.29, 1.82) is 0 Å². The smallest absolute Gasteiger partial charge is 0.264 e. The SMILES string of the molecule is CCC(=O)c1ccc(OCC(=O)Nc2nc3ccccc3s2)cc1. The number of amides is 1. The molecule has 1 amide bonds. The number of carbonyl (C=O) groups excluding carboxylic acids is 2. The third-order valence-corrected chi connectivity index (χ3v) is 4.36. The highest BCUT2D eigenvalue weighted by Crippen LogP contribution is 2.25. The maximum absolute atomic E-state index is 12.0. The number of benzene rings is 2. The van der Waals surface area contributed by atoms with Crippen LogP contribution in [0.2, 0.25) is 0 Å². The van der Waals surface area contributed by atoms with E-state index >= 15 is 0 Å².